The Bertz CT molecular complexity index is 1820. The number of aromatic nitrogens is 7. The van der Waals surface area contributed by atoms with Crippen molar-refractivity contribution in [1.82, 2.24) is 39.0 Å². The van der Waals surface area contributed by atoms with Gasteiger partial charge in [0.15, 0.2) is 11.5 Å². The minimum atomic E-state index is -1.16. The Morgan fingerprint density at radius 2 is 1.85 bits per heavy atom. The summed E-state index contributed by atoms with van der Waals surface area (Å²) in [5.41, 5.74) is 2.38. The van der Waals surface area contributed by atoms with E-state index in [1.807, 2.05) is 24.0 Å². The van der Waals surface area contributed by atoms with Crippen LogP contribution >= 0.6 is 0 Å². The van der Waals surface area contributed by atoms with Crippen LogP contribution in [0.3, 0.4) is 0 Å². The van der Waals surface area contributed by atoms with E-state index < -0.39 is 5.60 Å². The molecule has 6 rings (SSSR count). The lowest BCUT2D eigenvalue weighted by Crippen LogP contribution is -2.44. The smallest absolute Gasteiger partial charge is 0.278 e. The van der Waals surface area contributed by atoms with Crippen molar-refractivity contribution in [1.29, 1.82) is 0 Å². The highest BCUT2D eigenvalue weighted by molar-refractivity contribution is 5.95. The fourth-order valence-corrected chi connectivity index (χ4v) is 5.23. The first kappa shape index (κ1) is 26.7. The van der Waals surface area contributed by atoms with Crippen LogP contribution in [0.25, 0.3) is 27.8 Å². The molecule has 1 fully saturated rings. The van der Waals surface area contributed by atoms with Crippen LogP contribution in [0.2, 0.25) is 0 Å². The number of piperazine rings is 1. The normalized spacial score (nSPS) is 14.7. The summed E-state index contributed by atoms with van der Waals surface area (Å²) in [6.45, 7) is 11.2. The van der Waals surface area contributed by atoms with Gasteiger partial charge in [-0.1, -0.05) is 12.1 Å². The molecule has 1 aromatic carbocycles. The van der Waals surface area contributed by atoms with Crippen LogP contribution in [-0.4, -0.2) is 77.3 Å². The van der Waals surface area contributed by atoms with Crippen LogP contribution in [-0.2, 0) is 19.2 Å². The first-order valence-corrected chi connectivity index (χ1v) is 13.6. The molecule has 1 aliphatic rings. The Labute approximate surface area is 237 Å². The zero-order chi connectivity index (χ0) is 28.9. The summed E-state index contributed by atoms with van der Waals surface area (Å²) in [6, 6.07) is 9.46. The Kier molecular flexibility index (Phi) is 6.59. The lowest BCUT2D eigenvalue weighted by Gasteiger charge is -2.34. The lowest BCUT2D eigenvalue weighted by molar-refractivity contribution is 0.0738. The van der Waals surface area contributed by atoms with Crippen LogP contribution in [0.4, 0.5) is 17.3 Å². The topological polar surface area (TPSA) is 122 Å². The van der Waals surface area contributed by atoms with E-state index in [1.165, 1.54) is 10.9 Å². The summed E-state index contributed by atoms with van der Waals surface area (Å²) in [7, 11) is 4.07. The number of allylic oxidation sites excluding steroid dienone is 1. The first-order chi connectivity index (χ1) is 19.6. The number of likely N-dealkylation sites (N-methyl/N-ethyl adjacent to an activating group) is 1. The highest BCUT2D eigenvalue weighted by Crippen LogP contribution is 2.32. The van der Waals surface area contributed by atoms with E-state index in [1.54, 1.807) is 42.8 Å². The van der Waals surface area contributed by atoms with Crippen molar-refractivity contribution in [2.45, 2.75) is 26.0 Å². The Morgan fingerprint density at radius 3 is 2.59 bits per heavy atom. The summed E-state index contributed by atoms with van der Waals surface area (Å²) in [5, 5.41) is 19.9. The molecule has 1 aliphatic heterocycles. The number of nitrogens with zero attached hydrogens (tertiary/aromatic N) is 9. The first-order valence-electron chi connectivity index (χ1n) is 13.6. The molecule has 0 radical (unpaired) electrons. The predicted molar refractivity (Wildman–Crippen MR) is 160 cm³/mol. The maximum absolute atomic E-state index is 13.4. The molecule has 41 heavy (non-hydrogen) atoms. The van der Waals surface area contributed by atoms with Crippen molar-refractivity contribution < 1.29 is 5.11 Å². The highest BCUT2D eigenvalue weighted by Gasteiger charge is 2.23. The molecule has 5 heterocycles. The molecule has 0 spiro atoms. The van der Waals surface area contributed by atoms with Gasteiger partial charge in [-0.2, -0.15) is 10.1 Å². The number of anilines is 3. The average Bonchev–Trinajstić information content (AvgIpc) is 3.45. The van der Waals surface area contributed by atoms with Crippen molar-refractivity contribution in [3.63, 3.8) is 0 Å². The number of pyridine rings is 1. The largest absolute Gasteiger partial charge is 0.384 e. The molecule has 1 saturated heterocycles. The number of hydrogen-bond donors (Lipinski definition) is 2. The molecule has 0 aliphatic carbocycles. The lowest BCUT2D eigenvalue weighted by atomic mass is 10.1. The van der Waals surface area contributed by atoms with E-state index in [0.29, 0.717) is 28.5 Å². The number of aliphatic hydroxyl groups is 1. The van der Waals surface area contributed by atoms with Crippen LogP contribution in [0, 0.1) is 0 Å². The van der Waals surface area contributed by atoms with Crippen molar-refractivity contribution in [2.24, 2.45) is 7.05 Å². The maximum atomic E-state index is 13.4. The number of hydrogen-bond acceptors (Lipinski definition) is 9. The number of rotatable bonds is 7. The van der Waals surface area contributed by atoms with Crippen LogP contribution in [0.1, 0.15) is 19.5 Å². The van der Waals surface area contributed by atoms with Gasteiger partial charge in [0, 0.05) is 56.2 Å². The van der Waals surface area contributed by atoms with Gasteiger partial charge in [0.2, 0.25) is 5.95 Å². The van der Waals surface area contributed by atoms with Gasteiger partial charge in [-0.25, -0.2) is 19.3 Å². The SMILES string of the molecule is C=CCn1c(=O)c2cnc(Nc3cc(N4CCN(C)CC4)c4cnn(C)c4c3)nc2n1-c1cccc(C(C)(C)O)n1. The number of fused-ring (bicyclic) bond motifs is 2. The summed E-state index contributed by atoms with van der Waals surface area (Å²) in [6.07, 6.45) is 5.09. The third kappa shape index (κ3) is 4.85. The summed E-state index contributed by atoms with van der Waals surface area (Å²) in [4.78, 5) is 32.0. The molecule has 12 heteroatoms. The van der Waals surface area contributed by atoms with Gasteiger partial charge in [0.1, 0.15) is 11.0 Å². The fraction of sp³-hybridized carbons (Fsp3) is 0.345. The molecule has 0 bridgehead atoms. The monoisotopic (exact) mass is 554 g/mol. The fourth-order valence-electron chi connectivity index (χ4n) is 5.23. The van der Waals surface area contributed by atoms with Crippen LogP contribution in [0.15, 0.2) is 60.2 Å². The molecule has 0 amide bonds. The average molecular weight is 555 g/mol. The Hall–Kier alpha value is -4.55. The van der Waals surface area contributed by atoms with E-state index in [9.17, 15) is 9.90 Å². The molecule has 4 aromatic heterocycles. The van der Waals surface area contributed by atoms with Crippen molar-refractivity contribution in [3.05, 3.63) is 71.4 Å². The molecule has 12 nitrogen and oxygen atoms in total. The zero-order valence-corrected chi connectivity index (χ0v) is 23.7. The Balaban J connectivity index is 1.45. The van der Waals surface area contributed by atoms with Gasteiger partial charge in [-0.3, -0.25) is 9.48 Å². The number of benzene rings is 1. The van der Waals surface area contributed by atoms with Gasteiger partial charge in [-0.05, 0) is 45.2 Å². The molecule has 0 saturated carbocycles. The molecular formula is C29H34N10O2. The number of nitrogens with one attached hydrogen (secondary N) is 1. The number of aryl methyl sites for hydroxylation is 1. The van der Waals surface area contributed by atoms with E-state index in [4.69, 9.17) is 4.98 Å². The van der Waals surface area contributed by atoms with Crippen molar-refractivity contribution >= 4 is 39.3 Å². The second kappa shape index (κ2) is 10.1. The quantitative estimate of drug-likeness (QED) is 0.293. The van der Waals surface area contributed by atoms with Gasteiger partial charge < -0.3 is 20.2 Å². The van der Waals surface area contributed by atoms with Crippen LogP contribution < -0.4 is 15.8 Å². The maximum Gasteiger partial charge on any atom is 0.278 e. The van der Waals surface area contributed by atoms with Gasteiger partial charge in [0.05, 0.1) is 24.0 Å². The standard InChI is InChI=1S/C29H34N10O2/c1-6-10-38-27(40)21-17-30-28(34-26(21)39(38)25-9-7-8-24(33-25)29(2,3)41)32-19-15-22-20(18-31-36(22)5)23(16-19)37-13-11-35(4)12-14-37/h6-9,15-18,41H,1,10-14H2,2-5H3,(H,30,32,34). The van der Waals surface area contributed by atoms with Gasteiger partial charge in [0.25, 0.3) is 5.56 Å². The predicted octanol–water partition coefficient (Wildman–Crippen LogP) is 2.77. The van der Waals surface area contributed by atoms with E-state index in [-0.39, 0.29) is 12.1 Å². The zero-order valence-electron chi connectivity index (χ0n) is 23.7. The van der Waals surface area contributed by atoms with Crippen molar-refractivity contribution in [2.75, 3.05) is 43.4 Å². The molecule has 212 valence electrons. The highest BCUT2D eigenvalue weighted by atomic mass is 16.3. The molecular weight excluding hydrogens is 520 g/mol. The molecule has 2 N–H and O–H groups in total. The van der Waals surface area contributed by atoms with Gasteiger partial charge in [-0.15, -0.1) is 6.58 Å². The van der Waals surface area contributed by atoms with Crippen molar-refractivity contribution in [3.8, 4) is 5.82 Å². The minimum Gasteiger partial charge on any atom is -0.384 e. The second-order valence-corrected chi connectivity index (χ2v) is 11.0. The minimum absolute atomic E-state index is 0.248. The van der Waals surface area contributed by atoms with E-state index in [2.05, 4.69) is 49.9 Å². The second-order valence-electron chi connectivity index (χ2n) is 11.0. The molecule has 0 atom stereocenters. The summed E-state index contributed by atoms with van der Waals surface area (Å²) in [5.74, 6) is 0.795. The third-order valence-electron chi connectivity index (χ3n) is 7.50. The summed E-state index contributed by atoms with van der Waals surface area (Å²) >= 11 is 0. The van der Waals surface area contributed by atoms with E-state index >= 15 is 0 Å². The molecule has 5 aromatic rings. The summed E-state index contributed by atoms with van der Waals surface area (Å²) < 4.78 is 5.03. The van der Waals surface area contributed by atoms with Gasteiger partial charge >= 0.3 is 0 Å². The van der Waals surface area contributed by atoms with E-state index in [0.717, 1.165) is 48.5 Å². The molecule has 0 unspecified atom stereocenters. The van der Waals surface area contributed by atoms with Crippen LogP contribution in [0.5, 0.6) is 0 Å². The Morgan fingerprint density at radius 1 is 1.07 bits per heavy atom. The third-order valence-corrected chi connectivity index (χ3v) is 7.50.